The summed E-state index contributed by atoms with van der Waals surface area (Å²) in [5, 5.41) is 23.2. The number of aryl methyl sites for hydroxylation is 1. The van der Waals surface area contributed by atoms with Crippen LogP contribution in [-0.2, 0) is 10.0 Å². The third-order valence-corrected chi connectivity index (χ3v) is 6.04. The molecule has 32 heavy (non-hydrogen) atoms. The van der Waals surface area contributed by atoms with E-state index in [0.717, 1.165) is 35.4 Å². The monoisotopic (exact) mass is 455 g/mol. The molecule has 1 unspecified atom stereocenters. The first-order valence-electron chi connectivity index (χ1n) is 10.3. The van der Waals surface area contributed by atoms with Gasteiger partial charge in [-0.3, -0.25) is 4.72 Å². The first-order chi connectivity index (χ1) is 15.2. The molecule has 0 saturated carbocycles. The van der Waals surface area contributed by atoms with Crippen LogP contribution in [0.15, 0.2) is 42.5 Å². The average Bonchev–Trinajstić information content (AvgIpc) is 2.74. The number of piperidine rings is 1. The van der Waals surface area contributed by atoms with Crippen LogP contribution in [0.3, 0.4) is 0 Å². The lowest BCUT2D eigenvalue weighted by atomic mass is 10.0. The molecule has 4 rings (SSSR count). The molecule has 0 radical (unpaired) electrons. The molecule has 1 atom stereocenters. The second kappa shape index (κ2) is 8.62. The molecule has 2 heterocycles. The Morgan fingerprint density at radius 1 is 1.16 bits per heavy atom. The number of sulfonamides is 1. The first kappa shape index (κ1) is 21.8. The number of likely N-dealkylation sites (tertiary alicyclic amines) is 1. The second-order valence-electron chi connectivity index (χ2n) is 8.08. The molecule has 3 aromatic rings. The van der Waals surface area contributed by atoms with Crippen LogP contribution in [0.2, 0.25) is 0 Å². The Labute approximate surface area is 186 Å². The Morgan fingerprint density at radius 3 is 2.62 bits per heavy atom. The van der Waals surface area contributed by atoms with E-state index in [2.05, 4.69) is 20.2 Å². The van der Waals surface area contributed by atoms with Crippen molar-refractivity contribution in [3.63, 3.8) is 0 Å². The van der Waals surface area contributed by atoms with Crippen molar-refractivity contribution in [2.24, 2.45) is 0 Å². The summed E-state index contributed by atoms with van der Waals surface area (Å²) in [4.78, 5) is 12.7. The van der Waals surface area contributed by atoms with Gasteiger partial charge < -0.3 is 15.3 Å². The zero-order chi connectivity index (χ0) is 22.9. The normalized spacial score (nSPS) is 16.7. The number of amides is 1. The van der Waals surface area contributed by atoms with Gasteiger partial charge in [0, 0.05) is 35.5 Å². The van der Waals surface area contributed by atoms with Gasteiger partial charge in [-0.2, -0.15) is 0 Å². The fourth-order valence-electron chi connectivity index (χ4n) is 4.02. The molecule has 2 aromatic carbocycles. The molecule has 1 saturated heterocycles. The third kappa shape index (κ3) is 4.75. The SMILES string of the molecule is Cc1ccc(-c2nnc(NC3CCCN(C(=O)O)C3)c3ccccc23)c(NS(C)(=O)=O)c1. The second-order valence-corrected chi connectivity index (χ2v) is 9.83. The molecule has 0 spiro atoms. The van der Waals surface area contributed by atoms with Crippen molar-refractivity contribution in [3.8, 4) is 11.3 Å². The number of hydrogen-bond acceptors (Lipinski definition) is 6. The molecule has 1 aliphatic rings. The van der Waals surface area contributed by atoms with Gasteiger partial charge in [0.1, 0.15) is 5.69 Å². The lowest BCUT2D eigenvalue weighted by Gasteiger charge is -2.31. The first-order valence-corrected chi connectivity index (χ1v) is 12.2. The highest BCUT2D eigenvalue weighted by Gasteiger charge is 2.24. The Kier molecular flexibility index (Phi) is 5.88. The standard InChI is InChI=1S/C22H25N5O4S/c1-14-9-10-18(19(12-14)26-32(2,30)31)20-16-7-3-4-8-17(16)21(25-24-20)23-15-6-5-11-27(13-15)22(28)29/h3-4,7-10,12,15,26H,5-6,11,13H2,1-2H3,(H,23,25)(H,28,29). The zero-order valence-corrected chi connectivity index (χ0v) is 18.7. The van der Waals surface area contributed by atoms with E-state index >= 15 is 0 Å². The van der Waals surface area contributed by atoms with Crippen molar-refractivity contribution in [1.29, 1.82) is 0 Å². The molecule has 168 valence electrons. The number of nitrogens with zero attached hydrogens (tertiary/aromatic N) is 3. The van der Waals surface area contributed by atoms with Crippen LogP contribution in [0.4, 0.5) is 16.3 Å². The predicted octanol–water partition coefficient (Wildman–Crippen LogP) is 3.53. The zero-order valence-electron chi connectivity index (χ0n) is 17.9. The van der Waals surface area contributed by atoms with Crippen LogP contribution in [0.25, 0.3) is 22.0 Å². The third-order valence-electron chi connectivity index (χ3n) is 5.45. The molecular formula is C22H25N5O4S. The molecule has 1 aliphatic heterocycles. The molecule has 10 heteroatoms. The lowest BCUT2D eigenvalue weighted by molar-refractivity contribution is 0.133. The van der Waals surface area contributed by atoms with Gasteiger partial charge in [-0.15, -0.1) is 10.2 Å². The van der Waals surface area contributed by atoms with Crippen molar-refractivity contribution in [3.05, 3.63) is 48.0 Å². The van der Waals surface area contributed by atoms with E-state index in [1.54, 1.807) is 6.07 Å². The number of carboxylic acid groups (broad SMARTS) is 1. The van der Waals surface area contributed by atoms with Crippen molar-refractivity contribution >= 4 is 38.4 Å². The molecule has 9 nitrogen and oxygen atoms in total. The highest BCUT2D eigenvalue weighted by molar-refractivity contribution is 7.92. The van der Waals surface area contributed by atoms with E-state index in [4.69, 9.17) is 0 Å². The van der Waals surface area contributed by atoms with E-state index in [-0.39, 0.29) is 6.04 Å². The Balaban J connectivity index is 1.75. The van der Waals surface area contributed by atoms with E-state index in [9.17, 15) is 18.3 Å². The topological polar surface area (TPSA) is 125 Å². The Hall–Kier alpha value is -3.40. The Morgan fingerprint density at radius 2 is 1.91 bits per heavy atom. The van der Waals surface area contributed by atoms with Gasteiger partial charge in [0.05, 0.1) is 11.9 Å². The number of hydrogen-bond donors (Lipinski definition) is 3. The van der Waals surface area contributed by atoms with Gasteiger partial charge in [0.15, 0.2) is 5.82 Å². The minimum Gasteiger partial charge on any atom is -0.465 e. The highest BCUT2D eigenvalue weighted by atomic mass is 32.2. The summed E-state index contributed by atoms with van der Waals surface area (Å²) in [5.74, 6) is 0.575. The van der Waals surface area contributed by atoms with Crippen LogP contribution in [0.5, 0.6) is 0 Å². The summed E-state index contributed by atoms with van der Waals surface area (Å²) < 4.78 is 26.4. The summed E-state index contributed by atoms with van der Waals surface area (Å²) in [6, 6.07) is 13.1. The lowest BCUT2D eigenvalue weighted by Crippen LogP contribution is -2.44. The van der Waals surface area contributed by atoms with Gasteiger partial charge >= 0.3 is 6.09 Å². The van der Waals surface area contributed by atoms with Crippen molar-refractivity contribution < 1.29 is 18.3 Å². The molecule has 1 amide bonds. The smallest absolute Gasteiger partial charge is 0.407 e. The number of benzene rings is 2. The Bertz CT molecular complexity index is 1280. The molecule has 1 fully saturated rings. The summed E-state index contributed by atoms with van der Waals surface area (Å²) in [6.45, 7) is 2.80. The molecule has 0 bridgehead atoms. The maximum atomic E-state index is 11.9. The van der Waals surface area contributed by atoms with Crippen LogP contribution >= 0.6 is 0 Å². The van der Waals surface area contributed by atoms with E-state index in [1.807, 2.05) is 43.3 Å². The average molecular weight is 456 g/mol. The quantitative estimate of drug-likeness (QED) is 0.537. The van der Waals surface area contributed by atoms with E-state index in [1.165, 1.54) is 4.90 Å². The molecule has 0 aliphatic carbocycles. The van der Waals surface area contributed by atoms with Crippen molar-refractivity contribution in [1.82, 2.24) is 15.1 Å². The van der Waals surface area contributed by atoms with Crippen molar-refractivity contribution in [2.75, 3.05) is 29.4 Å². The van der Waals surface area contributed by atoms with E-state index in [0.29, 0.717) is 35.9 Å². The van der Waals surface area contributed by atoms with Crippen molar-refractivity contribution in [2.45, 2.75) is 25.8 Å². The number of anilines is 2. The minimum atomic E-state index is -3.48. The predicted molar refractivity (Wildman–Crippen MR) is 124 cm³/mol. The van der Waals surface area contributed by atoms with Gasteiger partial charge in [-0.1, -0.05) is 36.4 Å². The van der Waals surface area contributed by atoms with Gasteiger partial charge in [0.25, 0.3) is 0 Å². The molecular weight excluding hydrogens is 430 g/mol. The summed E-state index contributed by atoms with van der Waals surface area (Å²) in [6.07, 6.45) is 1.80. The number of carbonyl (C=O) groups is 1. The maximum absolute atomic E-state index is 11.9. The van der Waals surface area contributed by atoms with Gasteiger partial charge in [-0.25, -0.2) is 13.2 Å². The van der Waals surface area contributed by atoms with Gasteiger partial charge in [0.2, 0.25) is 10.0 Å². The summed E-state index contributed by atoms with van der Waals surface area (Å²) >= 11 is 0. The maximum Gasteiger partial charge on any atom is 0.407 e. The fraction of sp³-hybridized carbons (Fsp3) is 0.318. The molecule has 1 aromatic heterocycles. The molecule has 3 N–H and O–H groups in total. The van der Waals surface area contributed by atoms with Crippen LogP contribution in [-0.4, -0.2) is 60.1 Å². The van der Waals surface area contributed by atoms with Crippen LogP contribution < -0.4 is 10.0 Å². The highest BCUT2D eigenvalue weighted by Crippen LogP contribution is 2.35. The largest absolute Gasteiger partial charge is 0.465 e. The minimum absolute atomic E-state index is 0.0646. The van der Waals surface area contributed by atoms with E-state index < -0.39 is 16.1 Å². The van der Waals surface area contributed by atoms with Crippen LogP contribution in [0.1, 0.15) is 18.4 Å². The number of rotatable bonds is 5. The summed E-state index contributed by atoms with van der Waals surface area (Å²) in [7, 11) is -3.48. The number of nitrogens with one attached hydrogen (secondary N) is 2. The van der Waals surface area contributed by atoms with Crippen LogP contribution in [0, 0.1) is 6.92 Å². The summed E-state index contributed by atoms with van der Waals surface area (Å²) in [5.41, 5.74) is 2.55. The fourth-order valence-corrected chi connectivity index (χ4v) is 4.59. The van der Waals surface area contributed by atoms with Gasteiger partial charge in [-0.05, 0) is 31.4 Å². The number of fused-ring (bicyclic) bond motifs is 1. The number of aromatic nitrogens is 2.